The predicted octanol–water partition coefficient (Wildman–Crippen LogP) is 2.36. The van der Waals surface area contributed by atoms with E-state index in [-0.39, 0.29) is 11.9 Å². The van der Waals surface area contributed by atoms with E-state index >= 15 is 0 Å². The molecule has 1 fully saturated rings. The molecule has 0 aliphatic carbocycles. The van der Waals surface area contributed by atoms with Crippen molar-refractivity contribution in [2.45, 2.75) is 25.4 Å². The molecule has 3 nitrogen and oxygen atoms in total. The van der Waals surface area contributed by atoms with Gasteiger partial charge in [0.05, 0.1) is 10.0 Å². The molecule has 0 aromatic heterocycles. The van der Waals surface area contributed by atoms with Crippen molar-refractivity contribution in [1.29, 1.82) is 0 Å². The Hall–Kier alpha value is -0.770. The Kier molecular flexibility index (Phi) is 4.26. The lowest BCUT2D eigenvalue weighted by Crippen LogP contribution is -2.35. The van der Waals surface area contributed by atoms with E-state index in [1.807, 2.05) is 12.1 Å². The van der Waals surface area contributed by atoms with Gasteiger partial charge in [-0.1, -0.05) is 35.3 Å². The molecule has 1 aliphatic rings. The number of rotatable bonds is 4. The van der Waals surface area contributed by atoms with Gasteiger partial charge in [-0.2, -0.15) is 0 Å². The molecule has 0 radical (unpaired) electrons. The number of benzene rings is 1. The number of nitrogens with one attached hydrogen (secondary N) is 2. The molecular formula is C12H14Cl2N2O. The third kappa shape index (κ3) is 3.35. The Morgan fingerprint density at radius 1 is 1.41 bits per heavy atom. The number of hydrogen-bond donors (Lipinski definition) is 2. The summed E-state index contributed by atoms with van der Waals surface area (Å²) in [5, 5.41) is 7.34. The lowest BCUT2D eigenvalue weighted by atomic mass is 10.2. The van der Waals surface area contributed by atoms with Crippen LogP contribution in [-0.4, -0.2) is 18.5 Å². The summed E-state index contributed by atoms with van der Waals surface area (Å²) >= 11 is 12.0. The number of carbonyl (C=O) groups excluding carboxylic acids is 1. The standard InChI is InChI=1S/C12H14Cl2N2O/c13-10-3-1-2-8(12(10)14)6-15-7-9-4-5-11(17)16-9/h1-3,9,15H,4-7H2,(H,16,17). The quantitative estimate of drug-likeness (QED) is 0.884. The van der Waals surface area contributed by atoms with Crippen LogP contribution in [0.2, 0.25) is 10.0 Å². The summed E-state index contributed by atoms with van der Waals surface area (Å²) < 4.78 is 0. The van der Waals surface area contributed by atoms with Gasteiger partial charge in [0.2, 0.25) is 5.91 Å². The summed E-state index contributed by atoms with van der Waals surface area (Å²) in [5.41, 5.74) is 0.975. The van der Waals surface area contributed by atoms with Gasteiger partial charge in [0.1, 0.15) is 0 Å². The molecule has 17 heavy (non-hydrogen) atoms. The van der Waals surface area contributed by atoms with Crippen molar-refractivity contribution in [3.05, 3.63) is 33.8 Å². The maximum absolute atomic E-state index is 11.0. The van der Waals surface area contributed by atoms with Crippen molar-refractivity contribution in [2.75, 3.05) is 6.54 Å². The Bertz CT molecular complexity index is 423. The number of hydrogen-bond acceptors (Lipinski definition) is 2. The highest BCUT2D eigenvalue weighted by Gasteiger charge is 2.19. The van der Waals surface area contributed by atoms with Gasteiger partial charge in [-0.15, -0.1) is 0 Å². The van der Waals surface area contributed by atoms with E-state index < -0.39 is 0 Å². The number of amides is 1. The van der Waals surface area contributed by atoms with Gasteiger partial charge in [-0.3, -0.25) is 4.79 Å². The lowest BCUT2D eigenvalue weighted by molar-refractivity contribution is -0.119. The molecule has 1 heterocycles. The van der Waals surface area contributed by atoms with Gasteiger partial charge in [-0.25, -0.2) is 0 Å². The van der Waals surface area contributed by atoms with Gasteiger partial charge in [0.15, 0.2) is 0 Å². The van der Waals surface area contributed by atoms with E-state index in [2.05, 4.69) is 10.6 Å². The average molecular weight is 273 g/mol. The first-order chi connectivity index (χ1) is 8.16. The van der Waals surface area contributed by atoms with E-state index in [0.29, 0.717) is 23.0 Å². The fourth-order valence-corrected chi connectivity index (χ4v) is 2.28. The van der Waals surface area contributed by atoms with Crippen LogP contribution >= 0.6 is 23.2 Å². The van der Waals surface area contributed by atoms with Crippen molar-refractivity contribution >= 4 is 29.1 Å². The van der Waals surface area contributed by atoms with E-state index in [9.17, 15) is 4.79 Å². The van der Waals surface area contributed by atoms with Crippen molar-refractivity contribution in [3.63, 3.8) is 0 Å². The molecule has 0 spiro atoms. The second-order valence-electron chi connectivity index (χ2n) is 4.15. The molecule has 1 unspecified atom stereocenters. The first kappa shape index (κ1) is 12.7. The number of carbonyl (C=O) groups is 1. The highest BCUT2D eigenvalue weighted by atomic mass is 35.5. The van der Waals surface area contributed by atoms with Crippen molar-refractivity contribution in [2.24, 2.45) is 0 Å². The van der Waals surface area contributed by atoms with Crippen LogP contribution in [0.25, 0.3) is 0 Å². The van der Waals surface area contributed by atoms with Crippen LogP contribution in [0.4, 0.5) is 0 Å². The zero-order chi connectivity index (χ0) is 12.3. The minimum absolute atomic E-state index is 0.137. The first-order valence-electron chi connectivity index (χ1n) is 5.60. The zero-order valence-corrected chi connectivity index (χ0v) is 10.8. The third-order valence-corrected chi connectivity index (χ3v) is 3.68. The molecule has 0 bridgehead atoms. The normalized spacial score (nSPS) is 19.4. The number of halogens is 2. The van der Waals surface area contributed by atoms with Gasteiger partial charge in [0.25, 0.3) is 0 Å². The van der Waals surface area contributed by atoms with E-state index in [0.717, 1.165) is 18.5 Å². The molecule has 1 aromatic rings. The van der Waals surface area contributed by atoms with Crippen LogP contribution in [0.15, 0.2) is 18.2 Å². The Balaban J connectivity index is 1.82. The molecule has 1 amide bonds. The molecule has 1 saturated heterocycles. The summed E-state index contributed by atoms with van der Waals surface area (Å²) in [4.78, 5) is 11.0. The van der Waals surface area contributed by atoms with Crippen molar-refractivity contribution < 1.29 is 4.79 Å². The third-order valence-electron chi connectivity index (χ3n) is 2.82. The molecule has 1 aromatic carbocycles. The Morgan fingerprint density at radius 2 is 2.24 bits per heavy atom. The van der Waals surface area contributed by atoms with Crippen molar-refractivity contribution in [3.8, 4) is 0 Å². The molecule has 1 aliphatic heterocycles. The van der Waals surface area contributed by atoms with Gasteiger partial charge < -0.3 is 10.6 Å². The van der Waals surface area contributed by atoms with Crippen LogP contribution < -0.4 is 10.6 Å². The van der Waals surface area contributed by atoms with E-state index in [1.165, 1.54) is 0 Å². The molecular weight excluding hydrogens is 259 g/mol. The fourth-order valence-electron chi connectivity index (χ4n) is 1.90. The van der Waals surface area contributed by atoms with E-state index in [1.54, 1.807) is 6.07 Å². The van der Waals surface area contributed by atoms with Crippen LogP contribution in [0.1, 0.15) is 18.4 Å². The predicted molar refractivity (Wildman–Crippen MR) is 69.3 cm³/mol. The molecule has 2 rings (SSSR count). The topological polar surface area (TPSA) is 41.1 Å². The van der Waals surface area contributed by atoms with Crippen molar-refractivity contribution in [1.82, 2.24) is 10.6 Å². The maximum Gasteiger partial charge on any atom is 0.220 e. The van der Waals surface area contributed by atoms with E-state index in [4.69, 9.17) is 23.2 Å². The molecule has 92 valence electrons. The highest BCUT2D eigenvalue weighted by Crippen LogP contribution is 2.25. The highest BCUT2D eigenvalue weighted by molar-refractivity contribution is 6.42. The monoisotopic (exact) mass is 272 g/mol. The van der Waals surface area contributed by atoms with Gasteiger partial charge in [-0.05, 0) is 18.1 Å². The molecule has 1 atom stereocenters. The first-order valence-corrected chi connectivity index (χ1v) is 6.35. The minimum Gasteiger partial charge on any atom is -0.352 e. The van der Waals surface area contributed by atoms with Crippen LogP contribution in [0, 0.1) is 0 Å². The SMILES string of the molecule is O=C1CCC(CNCc2cccc(Cl)c2Cl)N1. The van der Waals surface area contributed by atoms with Crippen LogP contribution in [0.5, 0.6) is 0 Å². The smallest absolute Gasteiger partial charge is 0.220 e. The zero-order valence-electron chi connectivity index (χ0n) is 9.30. The minimum atomic E-state index is 0.137. The second kappa shape index (κ2) is 5.71. The fraction of sp³-hybridized carbons (Fsp3) is 0.417. The molecule has 5 heteroatoms. The summed E-state index contributed by atoms with van der Waals surface area (Å²) in [6, 6.07) is 5.82. The summed E-state index contributed by atoms with van der Waals surface area (Å²) in [5.74, 6) is 0.137. The molecule has 2 N–H and O–H groups in total. The Labute approximate surface area is 110 Å². The Morgan fingerprint density at radius 3 is 2.94 bits per heavy atom. The van der Waals surface area contributed by atoms with Crippen LogP contribution in [0.3, 0.4) is 0 Å². The van der Waals surface area contributed by atoms with Gasteiger partial charge >= 0.3 is 0 Å². The van der Waals surface area contributed by atoms with Gasteiger partial charge in [0, 0.05) is 25.6 Å². The molecule has 0 saturated carbocycles. The van der Waals surface area contributed by atoms with Crippen LogP contribution in [-0.2, 0) is 11.3 Å². The lowest BCUT2D eigenvalue weighted by Gasteiger charge is -2.12. The summed E-state index contributed by atoms with van der Waals surface area (Å²) in [6.07, 6.45) is 1.53. The largest absolute Gasteiger partial charge is 0.352 e. The summed E-state index contributed by atoms with van der Waals surface area (Å²) in [7, 11) is 0. The summed E-state index contributed by atoms with van der Waals surface area (Å²) in [6.45, 7) is 1.42. The maximum atomic E-state index is 11.0. The second-order valence-corrected chi connectivity index (χ2v) is 4.93. The average Bonchev–Trinajstić information content (AvgIpc) is 2.70.